The van der Waals surface area contributed by atoms with Gasteiger partial charge in [-0.05, 0) is 52.7 Å². The number of benzene rings is 2. The lowest BCUT2D eigenvalue weighted by atomic mass is 10.2. The van der Waals surface area contributed by atoms with Gasteiger partial charge in [-0.2, -0.15) is 0 Å². The summed E-state index contributed by atoms with van der Waals surface area (Å²) in [5, 5.41) is 2.03. The lowest BCUT2D eigenvalue weighted by Crippen LogP contribution is -2.56. The van der Waals surface area contributed by atoms with Gasteiger partial charge in [-0.15, -0.1) is 0 Å². The Labute approximate surface area is 227 Å². The first-order valence-electron chi connectivity index (χ1n) is 12.8. The minimum Gasteiger partial charge on any atom is -0.370 e. The Morgan fingerprint density at radius 3 is 0.917 bits per heavy atom. The molecule has 6 nitrogen and oxygen atoms in total. The third kappa shape index (κ3) is 8.97. The van der Waals surface area contributed by atoms with E-state index in [1.54, 1.807) is 0 Å². The second-order valence-electron chi connectivity index (χ2n) is 7.63. The minimum absolute atomic E-state index is 0.563. The van der Waals surface area contributed by atoms with Crippen molar-refractivity contribution in [1.82, 2.24) is 0 Å². The number of hydrogen-bond donors (Lipinski definition) is 0. The van der Waals surface area contributed by atoms with E-state index in [1.165, 1.54) is 11.1 Å². The van der Waals surface area contributed by atoms with Crippen LogP contribution in [0.1, 0.15) is 52.7 Å². The molecule has 0 heterocycles. The van der Waals surface area contributed by atoms with Crippen molar-refractivity contribution >= 4 is 49.6 Å². The fraction of sp³-hybridized carbons (Fsp3) is 0.538. The average Bonchev–Trinajstić information content (AvgIpc) is 2.88. The molecule has 0 N–H and O–H groups in total. The molecule has 2 aromatic rings. The molecule has 0 spiro atoms. The van der Waals surface area contributed by atoms with Crippen LogP contribution in [-0.2, 0) is 38.1 Å². The third-order valence-corrected chi connectivity index (χ3v) is 13.5. The predicted octanol–water partition coefficient (Wildman–Crippen LogP) is 5.28. The molecular weight excluding hydrogens is 529 g/mol. The molecule has 202 valence electrons. The lowest BCUT2D eigenvalue weighted by Gasteiger charge is -2.28. The second-order valence-corrected chi connectivity index (χ2v) is 15.2. The molecule has 0 atom stereocenters. The van der Waals surface area contributed by atoms with Gasteiger partial charge < -0.3 is 26.6 Å². The van der Waals surface area contributed by atoms with E-state index in [4.69, 9.17) is 26.6 Å². The Hall–Kier alpha value is -0.666. The van der Waals surface area contributed by atoms with Crippen LogP contribution >= 0.6 is 21.6 Å². The molecule has 0 unspecified atom stereocenters. The van der Waals surface area contributed by atoms with Gasteiger partial charge in [-0.25, -0.2) is 0 Å². The number of rotatable bonds is 19. The summed E-state index contributed by atoms with van der Waals surface area (Å²) in [6, 6.07) is 17.0. The third-order valence-electron chi connectivity index (χ3n) is 5.16. The van der Waals surface area contributed by atoms with E-state index in [2.05, 4.69) is 48.5 Å². The Balaban J connectivity index is 1.94. The summed E-state index contributed by atoms with van der Waals surface area (Å²) in [5.41, 5.74) is 2.53. The lowest BCUT2D eigenvalue weighted by molar-refractivity contribution is 0.0851. The highest BCUT2D eigenvalue weighted by Gasteiger charge is 2.44. The Morgan fingerprint density at radius 1 is 0.444 bits per heavy atom. The second kappa shape index (κ2) is 17.0. The normalized spacial score (nSPS) is 12.3. The molecule has 2 rings (SSSR count). The maximum absolute atomic E-state index is 6.02. The van der Waals surface area contributed by atoms with Crippen LogP contribution in [0, 0.1) is 0 Å². The van der Waals surface area contributed by atoms with Crippen LogP contribution in [0.25, 0.3) is 0 Å². The van der Waals surface area contributed by atoms with Crippen LogP contribution in [0.4, 0.5) is 0 Å². The standard InChI is InChI=1S/C26H42O6S2Si2/c1-7-27-35(28-8-2,29-9-3)25-17-13-23(14-18-25)21-33-34-22-24-15-19-26(20-16-24)36(30-10-4,31-11-5)32-12-6/h13-20H,7-12,21-22H2,1-6H3. The van der Waals surface area contributed by atoms with Crippen molar-refractivity contribution in [2.24, 2.45) is 0 Å². The van der Waals surface area contributed by atoms with Gasteiger partial charge in [0, 0.05) is 61.5 Å². The Morgan fingerprint density at radius 2 is 0.694 bits per heavy atom. The maximum atomic E-state index is 6.02. The van der Waals surface area contributed by atoms with Crippen molar-refractivity contribution in [1.29, 1.82) is 0 Å². The van der Waals surface area contributed by atoms with Crippen molar-refractivity contribution in [3.63, 3.8) is 0 Å². The van der Waals surface area contributed by atoms with E-state index in [-0.39, 0.29) is 0 Å². The van der Waals surface area contributed by atoms with E-state index < -0.39 is 17.6 Å². The van der Waals surface area contributed by atoms with Crippen molar-refractivity contribution in [2.75, 3.05) is 39.6 Å². The highest BCUT2D eigenvalue weighted by Crippen LogP contribution is 2.29. The summed E-state index contributed by atoms with van der Waals surface area (Å²) >= 11 is 0. The van der Waals surface area contributed by atoms with E-state index >= 15 is 0 Å². The topological polar surface area (TPSA) is 55.4 Å². The Bertz CT molecular complexity index is 749. The average molecular weight is 571 g/mol. The maximum Gasteiger partial charge on any atom is 0.537 e. The van der Waals surface area contributed by atoms with Crippen molar-refractivity contribution in [2.45, 2.75) is 53.0 Å². The van der Waals surface area contributed by atoms with Gasteiger partial charge in [0.2, 0.25) is 0 Å². The largest absolute Gasteiger partial charge is 0.537 e. The molecule has 2 aromatic carbocycles. The zero-order valence-electron chi connectivity index (χ0n) is 22.5. The van der Waals surface area contributed by atoms with Crippen molar-refractivity contribution in [3.8, 4) is 0 Å². The summed E-state index contributed by atoms with van der Waals surface area (Å²) in [6.07, 6.45) is 0. The molecule has 0 aliphatic carbocycles. The van der Waals surface area contributed by atoms with Crippen LogP contribution in [-0.4, -0.2) is 57.3 Å². The van der Waals surface area contributed by atoms with Crippen LogP contribution in [0.5, 0.6) is 0 Å². The Kier molecular flexibility index (Phi) is 14.9. The molecule has 0 saturated carbocycles. The van der Waals surface area contributed by atoms with E-state index in [1.807, 2.05) is 63.1 Å². The summed E-state index contributed by atoms with van der Waals surface area (Å²) in [6.45, 7) is 15.2. The highest BCUT2D eigenvalue weighted by molar-refractivity contribution is 8.76. The molecule has 0 fully saturated rings. The van der Waals surface area contributed by atoms with Gasteiger partial charge in [0.05, 0.1) is 0 Å². The smallest absolute Gasteiger partial charge is 0.370 e. The fourth-order valence-corrected chi connectivity index (χ4v) is 10.8. The zero-order valence-corrected chi connectivity index (χ0v) is 26.2. The molecule has 0 aliphatic rings. The van der Waals surface area contributed by atoms with Crippen LogP contribution in [0.15, 0.2) is 48.5 Å². The van der Waals surface area contributed by atoms with Crippen molar-refractivity contribution < 1.29 is 26.6 Å². The fourth-order valence-electron chi connectivity index (χ4n) is 3.72. The van der Waals surface area contributed by atoms with E-state index in [9.17, 15) is 0 Å². The van der Waals surface area contributed by atoms with Gasteiger partial charge in [-0.3, -0.25) is 0 Å². The van der Waals surface area contributed by atoms with Gasteiger partial charge in [0.1, 0.15) is 0 Å². The molecule has 0 radical (unpaired) electrons. The molecule has 0 aromatic heterocycles. The number of hydrogen-bond acceptors (Lipinski definition) is 8. The van der Waals surface area contributed by atoms with Crippen LogP contribution in [0.3, 0.4) is 0 Å². The molecule has 10 heteroatoms. The van der Waals surface area contributed by atoms with Crippen molar-refractivity contribution in [3.05, 3.63) is 59.7 Å². The molecule has 0 amide bonds. The molecule has 0 bridgehead atoms. The first-order valence-corrected chi connectivity index (χ1v) is 18.7. The predicted molar refractivity (Wildman–Crippen MR) is 156 cm³/mol. The summed E-state index contributed by atoms with van der Waals surface area (Å²) in [5.74, 6) is 1.84. The SMILES string of the molecule is CCO[Si](OCC)(OCC)c1ccc(CSSCc2ccc([Si](OCC)(OCC)OCC)cc2)cc1. The molecule has 0 saturated heterocycles. The van der Waals surface area contributed by atoms with E-state index in [0.717, 1.165) is 21.9 Å². The highest BCUT2D eigenvalue weighted by atomic mass is 33.1. The molecule has 36 heavy (non-hydrogen) atoms. The van der Waals surface area contributed by atoms with Gasteiger partial charge in [0.15, 0.2) is 0 Å². The van der Waals surface area contributed by atoms with Gasteiger partial charge >= 0.3 is 17.6 Å². The quantitative estimate of drug-likeness (QED) is 0.129. The van der Waals surface area contributed by atoms with Crippen LogP contribution in [0.2, 0.25) is 0 Å². The summed E-state index contributed by atoms with van der Waals surface area (Å²) in [4.78, 5) is 0. The van der Waals surface area contributed by atoms with Gasteiger partial charge in [0.25, 0.3) is 0 Å². The molecule has 0 aliphatic heterocycles. The first kappa shape index (κ1) is 31.6. The summed E-state index contributed by atoms with van der Waals surface area (Å²) < 4.78 is 36.1. The molecular formula is C26H42O6S2Si2. The van der Waals surface area contributed by atoms with Gasteiger partial charge in [-0.1, -0.05) is 70.1 Å². The zero-order chi connectivity index (χ0) is 26.3. The van der Waals surface area contributed by atoms with E-state index in [0.29, 0.717) is 39.6 Å². The minimum atomic E-state index is -2.85. The summed E-state index contributed by atoms with van der Waals surface area (Å²) in [7, 11) is -2.00. The van der Waals surface area contributed by atoms with Crippen LogP contribution < -0.4 is 10.4 Å². The monoisotopic (exact) mass is 570 g/mol. The first-order chi connectivity index (χ1) is 17.5.